The number of rotatable bonds is 6. The van der Waals surface area contributed by atoms with Gasteiger partial charge >= 0.3 is 0 Å². The van der Waals surface area contributed by atoms with Crippen molar-refractivity contribution in [2.75, 3.05) is 6.54 Å². The van der Waals surface area contributed by atoms with Gasteiger partial charge in [0, 0.05) is 23.7 Å². The zero-order valence-electron chi connectivity index (χ0n) is 13.5. The van der Waals surface area contributed by atoms with E-state index >= 15 is 0 Å². The normalized spacial score (nSPS) is 24.2. The van der Waals surface area contributed by atoms with Crippen molar-refractivity contribution < 1.29 is 5.11 Å². The van der Waals surface area contributed by atoms with Crippen molar-refractivity contribution in [2.24, 2.45) is 5.73 Å². The van der Waals surface area contributed by atoms with E-state index in [2.05, 4.69) is 24.8 Å². The molecule has 0 aromatic heterocycles. The van der Waals surface area contributed by atoms with Gasteiger partial charge < -0.3 is 10.8 Å². The summed E-state index contributed by atoms with van der Waals surface area (Å²) in [5.74, 6) is 0.429. The third-order valence-corrected chi connectivity index (χ3v) is 4.77. The fourth-order valence-corrected chi connectivity index (χ4v) is 3.69. The second kappa shape index (κ2) is 7.81. The van der Waals surface area contributed by atoms with Crippen molar-refractivity contribution in [3.63, 3.8) is 0 Å². The Morgan fingerprint density at radius 1 is 1.19 bits per heavy atom. The molecule has 21 heavy (non-hydrogen) atoms. The molecule has 1 fully saturated rings. The first-order chi connectivity index (χ1) is 10.2. The molecule has 0 spiro atoms. The number of hydrogen-bond donors (Lipinski definition) is 2. The highest BCUT2D eigenvalue weighted by atomic mass is 16.3. The Bertz CT molecular complexity index is 427. The lowest BCUT2D eigenvalue weighted by molar-refractivity contribution is 0.0948. The van der Waals surface area contributed by atoms with Gasteiger partial charge in [-0.2, -0.15) is 0 Å². The summed E-state index contributed by atoms with van der Waals surface area (Å²) >= 11 is 0. The number of phenols is 1. The third-order valence-electron chi connectivity index (χ3n) is 4.77. The van der Waals surface area contributed by atoms with E-state index in [0.29, 0.717) is 23.9 Å². The van der Waals surface area contributed by atoms with Crippen molar-refractivity contribution in [1.82, 2.24) is 4.90 Å². The molecule has 1 aliphatic carbocycles. The molecular formula is C18H30N2O. The molecule has 1 unspecified atom stereocenters. The molecule has 1 aromatic rings. The van der Waals surface area contributed by atoms with Crippen molar-refractivity contribution >= 4 is 0 Å². The van der Waals surface area contributed by atoms with Gasteiger partial charge in [0.2, 0.25) is 0 Å². The highest BCUT2D eigenvalue weighted by molar-refractivity contribution is 5.34. The van der Waals surface area contributed by atoms with E-state index in [4.69, 9.17) is 5.73 Å². The Kier molecular flexibility index (Phi) is 6.07. The quantitative estimate of drug-likeness (QED) is 0.837. The SMILES string of the molecule is CCCN(C1CCC(N)CC1)C(CC)c1ccccc1O. The first kappa shape index (κ1) is 16.3. The minimum Gasteiger partial charge on any atom is -0.508 e. The van der Waals surface area contributed by atoms with Crippen molar-refractivity contribution in [2.45, 2.75) is 70.5 Å². The lowest BCUT2D eigenvalue weighted by Crippen LogP contribution is -2.43. The Labute approximate surface area is 129 Å². The van der Waals surface area contributed by atoms with E-state index in [1.165, 1.54) is 12.8 Å². The predicted molar refractivity (Wildman–Crippen MR) is 88.4 cm³/mol. The number of para-hydroxylation sites is 1. The Hall–Kier alpha value is -1.06. The molecule has 0 heterocycles. The standard InChI is InChI=1S/C18H30N2O/c1-3-13-20(15-11-9-14(19)10-12-15)17(4-2)16-7-5-6-8-18(16)21/h5-8,14-15,17,21H,3-4,9-13,19H2,1-2H3. The smallest absolute Gasteiger partial charge is 0.120 e. The third kappa shape index (κ3) is 3.98. The Balaban J connectivity index is 2.20. The highest BCUT2D eigenvalue weighted by Crippen LogP contribution is 2.35. The van der Waals surface area contributed by atoms with Crippen LogP contribution in [-0.2, 0) is 0 Å². The number of phenolic OH excluding ortho intramolecular Hbond substituents is 1. The van der Waals surface area contributed by atoms with Crippen LogP contribution in [0, 0.1) is 0 Å². The maximum atomic E-state index is 10.2. The van der Waals surface area contributed by atoms with Gasteiger partial charge in [0.25, 0.3) is 0 Å². The van der Waals surface area contributed by atoms with E-state index in [1.54, 1.807) is 6.07 Å². The summed E-state index contributed by atoms with van der Waals surface area (Å²) in [6, 6.07) is 9.10. The molecule has 1 atom stereocenters. The number of benzene rings is 1. The van der Waals surface area contributed by atoms with Gasteiger partial charge in [-0.25, -0.2) is 0 Å². The summed E-state index contributed by atoms with van der Waals surface area (Å²) in [4.78, 5) is 2.61. The van der Waals surface area contributed by atoms with Crippen LogP contribution in [0.2, 0.25) is 0 Å². The van der Waals surface area contributed by atoms with Crippen LogP contribution in [-0.4, -0.2) is 28.6 Å². The van der Waals surface area contributed by atoms with E-state index in [-0.39, 0.29) is 0 Å². The molecule has 0 amide bonds. The number of nitrogens with two attached hydrogens (primary N) is 1. The molecule has 0 aliphatic heterocycles. The highest BCUT2D eigenvalue weighted by Gasteiger charge is 2.29. The molecular weight excluding hydrogens is 260 g/mol. The van der Waals surface area contributed by atoms with E-state index in [9.17, 15) is 5.11 Å². The summed E-state index contributed by atoms with van der Waals surface area (Å²) in [5.41, 5.74) is 7.13. The fourth-order valence-electron chi connectivity index (χ4n) is 3.69. The summed E-state index contributed by atoms with van der Waals surface area (Å²) in [6.45, 7) is 5.54. The molecule has 0 bridgehead atoms. The van der Waals surface area contributed by atoms with Gasteiger partial charge in [0.1, 0.15) is 5.75 Å². The van der Waals surface area contributed by atoms with Crippen LogP contribution in [0.4, 0.5) is 0 Å². The molecule has 3 heteroatoms. The lowest BCUT2D eigenvalue weighted by atomic mass is 9.88. The average Bonchev–Trinajstić information content (AvgIpc) is 2.50. The maximum absolute atomic E-state index is 10.2. The average molecular weight is 290 g/mol. The molecule has 0 saturated heterocycles. The minimum atomic E-state index is 0.311. The molecule has 1 aromatic carbocycles. The van der Waals surface area contributed by atoms with Crippen molar-refractivity contribution in [3.05, 3.63) is 29.8 Å². The fraction of sp³-hybridized carbons (Fsp3) is 0.667. The van der Waals surface area contributed by atoms with Gasteiger partial charge in [0.05, 0.1) is 0 Å². The number of nitrogens with zero attached hydrogens (tertiary/aromatic N) is 1. The second-order valence-corrected chi connectivity index (χ2v) is 6.29. The Morgan fingerprint density at radius 3 is 2.43 bits per heavy atom. The van der Waals surface area contributed by atoms with Gasteiger partial charge in [-0.1, -0.05) is 32.0 Å². The molecule has 118 valence electrons. The van der Waals surface area contributed by atoms with Gasteiger partial charge in [-0.15, -0.1) is 0 Å². The number of hydrogen-bond acceptors (Lipinski definition) is 3. The Morgan fingerprint density at radius 2 is 1.86 bits per heavy atom. The summed E-state index contributed by atoms with van der Waals surface area (Å²) in [6.07, 6.45) is 6.80. The van der Waals surface area contributed by atoms with Gasteiger partial charge in [-0.05, 0) is 51.1 Å². The van der Waals surface area contributed by atoms with Crippen molar-refractivity contribution in [1.29, 1.82) is 0 Å². The van der Waals surface area contributed by atoms with Crippen LogP contribution >= 0.6 is 0 Å². The first-order valence-electron chi connectivity index (χ1n) is 8.46. The monoisotopic (exact) mass is 290 g/mol. The van der Waals surface area contributed by atoms with E-state index < -0.39 is 0 Å². The topological polar surface area (TPSA) is 49.5 Å². The minimum absolute atomic E-state index is 0.311. The zero-order chi connectivity index (χ0) is 15.2. The summed E-state index contributed by atoms with van der Waals surface area (Å²) < 4.78 is 0. The van der Waals surface area contributed by atoms with Crippen LogP contribution < -0.4 is 5.73 Å². The molecule has 3 nitrogen and oxygen atoms in total. The predicted octanol–water partition coefficient (Wildman–Crippen LogP) is 3.83. The van der Waals surface area contributed by atoms with Gasteiger partial charge in [0.15, 0.2) is 0 Å². The second-order valence-electron chi connectivity index (χ2n) is 6.29. The summed E-state index contributed by atoms with van der Waals surface area (Å²) in [7, 11) is 0. The van der Waals surface area contributed by atoms with E-state index in [1.807, 2.05) is 12.1 Å². The molecule has 1 saturated carbocycles. The molecule has 1 aliphatic rings. The summed E-state index contributed by atoms with van der Waals surface area (Å²) in [5, 5.41) is 10.2. The van der Waals surface area contributed by atoms with Crippen LogP contribution in [0.15, 0.2) is 24.3 Å². The van der Waals surface area contributed by atoms with Crippen LogP contribution in [0.25, 0.3) is 0 Å². The maximum Gasteiger partial charge on any atom is 0.120 e. The number of aromatic hydroxyl groups is 1. The van der Waals surface area contributed by atoms with Crippen LogP contribution in [0.1, 0.15) is 64.0 Å². The molecule has 2 rings (SSSR count). The zero-order valence-corrected chi connectivity index (χ0v) is 13.5. The van der Waals surface area contributed by atoms with Crippen LogP contribution in [0.5, 0.6) is 5.75 Å². The van der Waals surface area contributed by atoms with Gasteiger partial charge in [-0.3, -0.25) is 4.90 Å². The van der Waals surface area contributed by atoms with E-state index in [0.717, 1.165) is 37.8 Å². The van der Waals surface area contributed by atoms with Crippen molar-refractivity contribution in [3.8, 4) is 5.75 Å². The first-order valence-corrected chi connectivity index (χ1v) is 8.46. The molecule has 0 radical (unpaired) electrons. The van der Waals surface area contributed by atoms with Crippen LogP contribution in [0.3, 0.4) is 0 Å². The lowest BCUT2D eigenvalue weighted by Gasteiger charge is -2.41. The largest absolute Gasteiger partial charge is 0.508 e. The molecule has 3 N–H and O–H groups in total.